The number of carbonyl (C=O) groups is 2. The predicted molar refractivity (Wildman–Crippen MR) is 86.6 cm³/mol. The molecule has 1 aromatic carbocycles. The van der Waals surface area contributed by atoms with Crippen LogP contribution in [0.5, 0.6) is 0 Å². The van der Waals surface area contributed by atoms with Crippen molar-refractivity contribution in [2.24, 2.45) is 5.92 Å². The number of amides is 1. The highest BCUT2D eigenvalue weighted by Gasteiger charge is 2.16. The summed E-state index contributed by atoms with van der Waals surface area (Å²) in [7, 11) is 0. The van der Waals surface area contributed by atoms with Gasteiger partial charge >= 0.3 is 5.97 Å². The third kappa shape index (κ3) is 5.02. The zero-order chi connectivity index (χ0) is 15.9. The zero-order valence-electron chi connectivity index (χ0n) is 13.2. The summed E-state index contributed by atoms with van der Waals surface area (Å²) < 4.78 is 5.02. The number of benzene rings is 1. The molecule has 0 spiro atoms. The van der Waals surface area contributed by atoms with Gasteiger partial charge in [-0.05, 0) is 42.4 Å². The lowest BCUT2D eigenvalue weighted by Gasteiger charge is -2.10. The van der Waals surface area contributed by atoms with Gasteiger partial charge in [0, 0.05) is 5.69 Å². The first-order valence-electron chi connectivity index (χ1n) is 7.76. The molecule has 0 bridgehead atoms. The van der Waals surface area contributed by atoms with Gasteiger partial charge in [0.15, 0.2) is 6.61 Å². The summed E-state index contributed by atoms with van der Waals surface area (Å²) in [5.41, 5.74) is 1.93. The molecule has 0 saturated heterocycles. The van der Waals surface area contributed by atoms with Crippen molar-refractivity contribution in [2.45, 2.75) is 39.0 Å². The smallest absolute Gasteiger partial charge is 0.306 e. The predicted octanol–water partition coefficient (Wildman–Crippen LogP) is 3.65. The van der Waals surface area contributed by atoms with Gasteiger partial charge in [0.05, 0.1) is 6.42 Å². The first-order chi connectivity index (χ1) is 10.5. The summed E-state index contributed by atoms with van der Waals surface area (Å²) >= 11 is 0. The Labute approximate surface area is 131 Å². The number of esters is 1. The highest BCUT2D eigenvalue weighted by Crippen LogP contribution is 2.20. The molecule has 4 heteroatoms. The first-order valence-corrected chi connectivity index (χ1v) is 7.76. The normalized spacial score (nSPS) is 16.8. The van der Waals surface area contributed by atoms with Crippen LogP contribution in [0.3, 0.4) is 0 Å². The Hall–Kier alpha value is -2.10. The third-order valence-electron chi connectivity index (χ3n) is 3.77. The Bertz CT molecular complexity index is 546. The molecule has 0 fully saturated rings. The van der Waals surface area contributed by atoms with Crippen molar-refractivity contribution in [2.75, 3.05) is 11.9 Å². The van der Waals surface area contributed by atoms with E-state index in [9.17, 15) is 9.59 Å². The molecule has 0 aliphatic heterocycles. The Balaban J connectivity index is 1.72. The Morgan fingerprint density at radius 2 is 2.00 bits per heavy atom. The maximum atomic E-state index is 11.8. The molecule has 4 nitrogen and oxygen atoms in total. The van der Waals surface area contributed by atoms with E-state index in [4.69, 9.17) is 4.74 Å². The lowest BCUT2D eigenvalue weighted by atomic mass is 10.0. The van der Waals surface area contributed by atoms with E-state index in [2.05, 4.69) is 25.2 Å². The minimum Gasteiger partial charge on any atom is -0.456 e. The van der Waals surface area contributed by atoms with Gasteiger partial charge in [0.1, 0.15) is 0 Å². The van der Waals surface area contributed by atoms with Crippen molar-refractivity contribution in [3.05, 3.63) is 42.0 Å². The Kier molecular flexibility index (Phi) is 5.75. The molecule has 0 saturated carbocycles. The quantitative estimate of drug-likeness (QED) is 0.644. The fourth-order valence-electron chi connectivity index (χ4n) is 2.43. The summed E-state index contributed by atoms with van der Waals surface area (Å²) in [5, 5.41) is 2.73. The van der Waals surface area contributed by atoms with Crippen LogP contribution < -0.4 is 5.32 Å². The molecule has 22 heavy (non-hydrogen) atoms. The first kappa shape index (κ1) is 16.3. The molecule has 2 rings (SSSR count). The molecule has 0 unspecified atom stereocenters. The van der Waals surface area contributed by atoms with E-state index < -0.39 is 0 Å². The van der Waals surface area contributed by atoms with Crippen LogP contribution in [0.25, 0.3) is 0 Å². The van der Waals surface area contributed by atoms with E-state index in [1.807, 2.05) is 30.3 Å². The number of hydrogen-bond donors (Lipinski definition) is 1. The number of rotatable bonds is 6. The maximum Gasteiger partial charge on any atom is 0.306 e. The van der Waals surface area contributed by atoms with Gasteiger partial charge in [-0.1, -0.05) is 38.1 Å². The van der Waals surface area contributed by atoms with Gasteiger partial charge in [-0.25, -0.2) is 0 Å². The average Bonchev–Trinajstić information content (AvgIpc) is 2.98. The Morgan fingerprint density at radius 1 is 1.27 bits per heavy atom. The molecule has 1 aromatic rings. The SMILES string of the molecule is CC(C)c1ccc(NC(=O)COC(=O)C[C@H]2C=CCC2)cc1. The van der Waals surface area contributed by atoms with Crippen LogP contribution in [-0.4, -0.2) is 18.5 Å². The average molecular weight is 301 g/mol. The van der Waals surface area contributed by atoms with E-state index >= 15 is 0 Å². The van der Waals surface area contributed by atoms with Gasteiger partial charge in [-0.15, -0.1) is 0 Å². The third-order valence-corrected chi connectivity index (χ3v) is 3.77. The van der Waals surface area contributed by atoms with Gasteiger partial charge in [0.25, 0.3) is 5.91 Å². The molecule has 0 aromatic heterocycles. The minimum absolute atomic E-state index is 0.235. The van der Waals surface area contributed by atoms with Crippen molar-refractivity contribution in [3.8, 4) is 0 Å². The molecular formula is C18H23NO3. The van der Waals surface area contributed by atoms with E-state index in [-0.39, 0.29) is 24.4 Å². The largest absolute Gasteiger partial charge is 0.456 e. The van der Waals surface area contributed by atoms with Crippen molar-refractivity contribution in [1.82, 2.24) is 0 Å². The molecule has 0 heterocycles. The highest BCUT2D eigenvalue weighted by molar-refractivity contribution is 5.92. The van der Waals surface area contributed by atoms with E-state index in [1.165, 1.54) is 5.56 Å². The number of hydrogen-bond acceptors (Lipinski definition) is 3. The second-order valence-electron chi connectivity index (χ2n) is 5.96. The van der Waals surface area contributed by atoms with Gasteiger partial charge in [-0.2, -0.15) is 0 Å². The molecule has 1 atom stereocenters. The second kappa shape index (κ2) is 7.78. The molecule has 1 aliphatic rings. The summed E-state index contributed by atoms with van der Waals surface area (Å²) in [5.74, 6) is 0.0870. The lowest BCUT2D eigenvalue weighted by Crippen LogP contribution is -2.21. The van der Waals surface area contributed by atoms with Crippen molar-refractivity contribution in [1.29, 1.82) is 0 Å². The second-order valence-corrected chi connectivity index (χ2v) is 5.96. The van der Waals surface area contributed by atoms with Gasteiger partial charge in [0.2, 0.25) is 0 Å². The van der Waals surface area contributed by atoms with Crippen LogP contribution in [-0.2, 0) is 14.3 Å². The Morgan fingerprint density at radius 3 is 2.59 bits per heavy atom. The van der Waals surface area contributed by atoms with E-state index in [1.54, 1.807) is 0 Å². The molecule has 1 N–H and O–H groups in total. The van der Waals surface area contributed by atoms with Crippen molar-refractivity contribution >= 4 is 17.6 Å². The number of carbonyl (C=O) groups excluding carboxylic acids is 2. The van der Waals surface area contributed by atoms with E-state index in [0.29, 0.717) is 18.0 Å². The molecule has 1 amide bonds. The molecule has 1 aliphatic carbocycles. The van der Waals surface area contributed by atoms with Crippen LogP contribution in [0, 0.1) is 5.92 Å². The van der Waals surface area contributed by atoms with Crippen LogP contribution in [0.2, 0.25) is 0 Å². The van der Waals surface area contributed by atoms with Crippen LogP contribution in [0.4, 0.5) is 5.69 Å². The number of allylic oxidation sites excluding steroid dienone is 2. The van der Waals surface area contributed by atoms with Crippen LogP contribution in [0.1, 0.15) is 44.6 Å². The maximum absolute atomic E-state index is 11.8. The zero-order valence-corrected chi connectivity index (χ0v) is 13.2. The highest BCUT2D eigenvalue weighted by atomic mass is 16.5. The lowest BCUT2D eigenvalue weighted by molar-refractivity contribution is -0.147. The molecule has 118 valence electrons. The van der Waals surface area contributed by atoms with Crippen molar-refractivity contribution in [3.63, 3.8) is 0 Å². The van der Waals surface area contributed by atoms with Gasteiger partial charge in [-0.3, -0.25) is 9.59 Å². The number of ether oxygens (including phenoxy) is 1. The van der Waals surface area contributed by atoms with Crippen molar-refractivity contribution < 1.29 is 14.3 Å². The molecule has 0 radical (unpaired) electrons. The standard InChI is InChI=1S/C18H23NO3/c1-13(2)15-7-9-16(10-8-15)19-17(20)12-22-18(21)11-14-5-3-4-6-14/h3,5,7-10,13-14H,4,6,11-12H2,1-2H3,(H,19,20)/t14-/m0/s1. The minimum atomic E-state index is -0.318. The van der Waals surface area contributed by atoms with Crippen LogP contribution >= 0.6 is 0 Å². The number of anilines is 1. The molecular weight excluding hydrogens is 278 g/mol. The summed E-state index contributed by atoms with van der Waals surface area (Å²) in [6, 6.07) is 7.69. The fraction of sp³-hybridized carbons (Fsp3) is 0.444. The number of nitrogens with one attached hydrogen (secondary N) is 1. The van der Waals surface area contributed by atoms with Crippen LogP contribution in [0.15, 0.2) is 36.4 Å². The summed E-state index contributed by atoms with van der Waals surface area (Å²) in [4.78, 5) is 23.4. The summed E-state index contributed by atoms with van der Waals surface area (Å²) in [6.07, 6.45) is 6.48. The topological polar surface area (TPSA) is 55.4 Å². The van der Waals surface area contributed by atoms with E-state index in [0.717, 1.165) is 12.8 Å². The summed E-state index contributed by atoms with van der Waals surface area (Å²) in [6.45, 7) is 4.00. The fourth-order valence-corrected chi connectivity index (χ4v) is 2.43. The monoisotopic (exact) mass is 301 g/mol. The van der Waals surface area contributed by atoms with Gasteiger partial charge < -0.3 is 10.1 Å².